The average molecular weight is 355 g/mol. The lowest BCUT2D eigenvalue weighted by molar-refractivity contribution is -0.0328. The van der Waals surface area contributed by atoms with Crippen molar-refractivity contribution >= 4 is 17.7 Å². The van der Waals surface area contributed by atoms with Crippen molar-refractivity contribution in [3.8, 4) is 0 Å². The van der Waals surface area contributed by atoms with Gasteiger partial charge in [-0.2, -0.15) is 13.2 Å². The predicted octanol–water partition coefficient (Wildman–Crippen LogP) is 3.94. The van der Waals surface area contributed by atoms with Crippen molar-refractivity contribution in [2.75, 3.05) is 0 Å². The van der Waals surface area contributed by atoms with E-state index in [4.69, 9.17) is 0 Å². The number of hydrogen-bond acceptors (Lipinski definition) is 4. The van der Waals surface area contributed by atoms with Crippen LogP contribution in [0.3, 0.4) is 0 Å². The van der Waals surface area contributed by atoms with Crippen LogP contribution in [-0.4, -0.2) is 21.4 Å². The Morgan fingerprint density at radius 2 is 1.62 bits per heavy atom. The number of carbonyl (C=O) groups excluding carboxylic acids is 1. The van der Waals surface area contributed by atoms with Gasteiger partial charge in [0.1, 0.15) is 5.82 Å². The van der Waals surface area contributed by atoms with Crippen LogP contribution in [0.15, 0.2) is 29.2 Å². The molecule has 0 aliphatic heterocycles. The Bertz CT molecular complexity index is 722. The molecule has 1 N–H and O–H groups in total. The fraction of sp³-hybridized carbons (Fsp3) is 0.312. The van der Waals surface area contributed by atoms with E-state index in [-0.39, 0.29) is 29.1 Å². The third-order valence-corrected chi connectivity index (χ3v) is 4.05. The monoisotopic (exact) mass is 355 g/mol. The molecule has 0 atom stereocenters. The minimum absolute atomic E-state index is 0.0395. The Balaban J connectivity index is 2.03. The first-order valence-corrected chi connectivity index (χ1v) is 7.92. The molecule has 4 nitrogen and oxygen atoms in total. The summed E-state index contributed by atoms with van der Waals surface area (Å²) < 4.78 is 36.9. The van der Waals surface area contributed by atoms with E-state index in [1.165, 1.54) is 24.3 Å². The molecule has 24 heavy (non-hydrogen) atoms. The Morgan fingerprint density at radius 3 is 2.12 bits per heavy atom. The van der Waals surface area contributed by atoms with Gasteiger partial charge in [-0.1, -0.05) is 0 Å². The van der Waals surface area contributed by atoms with Crippen molar-refractivity contribution in [3.05, 3.63) is 52.6 Å². The first-order chi connectivity index (χ1) is 11.2. The molecule has 1 amide bonds. The highest BCUT2D eigenvalue weighted by Gasteiger charge is 2.29. The summed E-state index contributed by atoms with van der Waals surface area (Å²) in [4.78, 5) is 20.7. The number of rotatable bonds is 4. The Kier molecular flexibility index (Phi) is 5.48. The summed E-state index contributed by atoms with van der Waals surface area (Å²) >= 11 is -0.212. The van der Waals surface area contributed by atoms with Gasteiger partial charge in [-0.15, -0.1) is 0 Å². The number of hydrogen-bond donors (Lipinski definition) is 1. The molecule has 2 rings (SSSR count). The molecular weight excluding hydrogens is 339 g/mol. The van der Waals surface area contributed by atoms with Crippen LogP contribution >= 0.6 is 11.8 Å². The van der Waals surface area contributed by atoms with Gasteiger partial charge in [0.05, 0.1) is 0 Å². The lowest BCUT2D eigenvalue weighted by Gasteiger charge is -2.11. The molecule has 0 spiro atoms. The minimum Gasteiger partial charge on any atom is -0.348 e. The molecule has 0 saturated carbocycles. The van der Waals surface area contributed by atoms with Crippen molar-refractivity contribution in [1.82, 2.24) is 15.3 Å². The fourth-order valence-corrected chi connectivity index (χ4v) is 2.78. The number of halogens is 3. The second-order valence-electron chi connectivity index (χ2n) is 5.18. The van der Waals surface area contributed by atoms with Gasteiger partial charge in [0.25, 0.3) is 5.91 Å². The molecule has 1 aromatic heterocycles. The molecule has 0 fully saturated rings. The van der Waals surface area contributed by atoms with Crippen LogP contribution in [0.5, 0.6) is 0 Å². The number of nitrogens with zero attached hydrogens (tertiary/aromatic N) is 2. The number of benzene rings is 1. The maximum atomic E-state index is 12.3. The maximum Gasteiger partial charge on any atom is 0.446 e. The summed E-state index contributed by atoms with van der Waals surface area (Å²) in [6, 6.07) is 5.29. The Labute approximate surface area is 141 Å². The number of nitrogens with one attached hydrogen (secondary N) is 1. The van der Waals surface area contributed by atoms with Gasteiger partial charge in [0, 0.05) is 34.0 Å². The molecule has 128 valence electrons. The van der Waals surface area contributed by atoms with E-state index in [0.717, 1.165) is 17.0 Å². The third kappa shape index (κ3) is 4.95. The molecule has 0 bridgehead atoms. The van der Waals surface area contributed by atoms with Crippen molar-refractivity contribution in [3.63, 3.8) is 0 Å². The molecule has 0 aliphatic carbocycles. The highest BCUT2D eigenvalue weighted by molar-refractivity contribution is 8.00. The standard InChI is InChI=1S/C16H16F3N3OS/c1-9-14(10(2)22-11(3)21-9)8-20-15(23)12-4-6-13(7-5-12)24-16(17,18)19/h4-7H,8H2,1-3H3,(H,20,23). The predicted molar refractivity (Wildman–Crippen MR) is 85.8 cm³/mol. The molecule has 1 heterocycles. The molecule has 0 aliphatic rings. The van der Waals surface area contributed by atoms with Crippen LogP contribution in [-0.2, 0) is 6.54 Å². The van der Waals surface area contributed by atoms with Gasteiger partial charge in [0.15, 0.2) is 0 Å². The summed E-state index contributed by atoms with van der Waals surface area (Å²) in [6.07, 6.45) is 0. The van der Waals surface area contributed by atoms with Crippen molar-refractivity contribution in [2.45, 2.75) is 37.7 Å². The molecule has 8 heteroatoms. The number of thioether (sulfide) groups is 1. The van der Waals surface area contributed by atoms with Crippen molar-refractivity contribution in [1.29, 1.82) is 0 Å². The fourth-order valence-electron chi connectivity index (χ4n) is 2.24. The molecular formula is C16H16F3N3OS. The van der Waals surface area contributed by atoms with Gasteiger partial charge in [0.2, 0.25) is 0 Å². The first kappa shape index (κ1) is 18.3. The quantitative estimate of drug-likeness (QED) is 0.844. The number of aromatic nitrogens is 2. The topological polar surface area (TPSA) is 54.9 Å². The van der Waals surface area contributed by atoms with Crippen LogP contribution in [0.25, 0.3) is 0 Å². The molecule has 0 saturated heterocycles. The molecule has 1 aromatic carbocycles. The minimum atomic E-state index is -4.34. The first-order valence-electron chi connectivity index (χ1n) is 7.10. The lowest BCUT2D eigenvalue weighted by Crippen LogP contribution is -2.24. The SMILES string of the molecule is Cc1nc(C)c(CNC(=O)c2ccc(SC(F)(F)F)cc2)c(C)n1. The Morgan fingerprint density at radius 1 is 1.08 bits per heavy atom. The zero-order valence-corrected chi connectivity index (χ0v) is 14.2. The Hall–Kier alpha value is -2.09. The number of amides is 1. The third-order valence-electron chi connectivity index (χ3n) is 3.31. The second-order valence-corrected chi connectivity index (χ2v) is 6.31. The smallest absolute Gasteiger partial charge is 0.348 e. The number of carbonyl (C=O) groups is 1. The normalized spacial score (nSPS) is 11.4. The van der Waals surface area contributed by atoms with Crippen LogP contribution in [0.2, 0.25) is 0 Å². The highest BCUT2D eigenvalue weighted by Crippen LogP contribution is 2.36. The van der Waals surface area contributed by atoms with E-state index in [1.807, 2.05) is 13.8 Å². The van der Waals surface area contributed by atoms with Crippen LogP contribution in [0.1, 0.15) is 33.1 Å². The average Bonchev–Trinajstić information content (AvgIpc) is 2.45. The summed E-state index contributed by atoms with van der Waals surface area (Å²) in [6.45, 7) is 5.73. The van der Waals surface area contributed by atoms with Crippen LogP contribution in [0, 0.1) is 20.8 Å². The molecule has 0 unspecified atom stereocenters. The summed E-state index contributed by atoms with van der Waals surface area (Å²) in [7, 11) is 0. The molecule has 0 radical (unpaired) electrons. The second kappa shape index (κ2) is 7.21. The summed E-state index contributed by atoms with van der Waals surface area (Å²) in [5, 5.41) is 2.74. The van der Waals surface area contributed by atoms with Gasteiger partial charge in [-0.05, 0) is 56.8 Å². The van der Waals surface area contributed by atoms with Crippen molar-refractivity contribution < 1.29 is 18.0 Å². The number of aryl methyl sites for hydroxylation is 3. The molecule has 2 aromatic rings. The van der Waals surface area contributed by atoms with Gasteiger partial charge in [-0.3, -0.25) is 4.79 Å². The zero-order chi connectivity index (χ0) is 17.9. The van der Waals surface area contributed by atoms with E-state index >= 15 is 0 Å². The van der Waals surface area contributed by atoms with Crippen LogP contribution < -0.4 is 5.32 Å². The summed E-state index contributed by atoms with van der Waals surface area (Å²) in [5.41, 5.74) is -1.64. The van der Waals surface area contributed by atoms with E-state index < -0.39 is 5.51 Å². The van der Waals surface area contributed by atoms with Gasteiger partial charge >= 0.3 is 5.51 Å². The van der Waals surface area contributed by atoms with Gasteiger partial charge in [-0.25, -0.2) is 9.97 Å². The van der Waals surface area contributed by atoms with Gasteiger partial charge < -0.3 is 5.32 Å². The van der Waals surface area contributed by atoms with E-state index in [0.29, 0.717) is 11.4 Å². The highest BCUT2D eigenvalue weighted by atomic mass is 32.2. The zero-order valence-electron chi connectivity index (χ0n) is 13.4. The van der Waals surface area contributed by atoms with E-state index in [9.17, 15) is 18.0 Å². The summed E-state index contributed by atoms with van der Waals surface area (Å²) in [5.74, 6) is 0.302. The van der Waals surface area contributed by atoms with E-state index in [1.54, 1.807) is 6.92 Å². The lowest BCUT2D eigenvalue weighted by atomic mass is 10.1. The largest absolute Gasteiger partial charge is 0.446 e. The van der Waals surface area contributed by atoms with Crippen molar-refractivity contribution in [2.24, 2.45) is 0 Å². The maximum absolute atomic E-state index is 12.3. The number of alkyl halides is 3. The van der Waals surface area contributed by atoms with Crippen LogP contribution in [0.4, 0.5) is 13.2 Å². The van der Waals surface area contributed by atoms with E-state index in [2.05, 4.69) is 15.3 Å².